The van der Waals surface area contributed by atoms with Crippen molar-refractivity contribution >= 4 is 5.97 Å². The summed E-state index contributed by atoms with van der Waals surface area (Å²) in [6.45, 7) is 8.36. The highest BCUT2D eigenvalue weighted by Gasteiger charge is 1.95. The Kier molecular flexibility index (Phi) is 10.6. The maximum Gasteiger partial charge on any atom is 0.330 e. The molecule has 0 aromatic heterocycles. The fourth-order valence-electron chi connectivity index (χ4n) is 0.902. The van der Waals surface area contributed by atoms with Gasteiger partial charge in [0.2, 0.25) is 0 Å². The van der Waals surface area contributed by atoms with Crippen LogP contribution in [-0.2, 0) is 19.0 Å². The lowest BCUT2D eigenvalue weighted by molar-refractivity contribution is -0.137. The van der Waals surface area contributed by atoms with Gasteiger partial charge in [-0.15, -0.1) is 0 Å². The topological polar surface area (TPSA) is 44.8 Å². The van der Waals surface area contributed by atoms with Gasteiger partial charge < -0.3 is 14.2 Å². The fourth-order valence-corrected chi connectivity index (χ4v) is 0.902. The van der Waals surface area contributed by atoms with Crippen molar-refractivity contribution in [2.75, 3.05) is 33.0 Å². The lowest BCUT2D eigenvalue weighted by Crippen LogP contribution is -2.06. The number of carbonyl (C=O) groups excluding carboxylic acids is 1. The molecule has 0 aliphatic carbocycles. The first-order valence-corrected chi connectivity index (χ1v) is 5.26. The summed E-state index contributed by atoms with van der Waals surface area (Å²) in [7, 11) is 0. The van der Waals surface area contributed by atoms with Crippen LogP contribution in [0.5, 0.6) is 0 Å². The number of hydrogen-bond acceptors (Lipinski definition) is 4. The van der Waals surface area contributed by atoms with E-state index in [9.17, 15) is 4.79 Å². The van der Waals surface area contributed by atoms with Crippen molar-refractivity contribution in [3.05, 3.63) is 12.7 Å². The Morgan fingerprint density at radius 2 is 1.80 bits per heavy atom. The van der Waals surface area contributed by atoms with Crippen LogP contribution in [0.25, 0.3) is 0 Å². The summed E-state index contributed by atoms with van der Waals surface area (Å²) < 4.78 is 15.2. The Hall–Kier alpha value is -0.870. The molecule has 0 unspecified atom stereocenters. The van der Waals surface area contributed by atoms with E-state index in [0.717, 1.165) is 19.4 Å². The van der Waals surface area contributed by atoms with Crippen molar-refractivity contribution < 1.29 is 19.0 Å². The molecule has 0 aliphatic heterocycles. The van der Waals surface area contributed by atoms with Gasteiger partial charge in [0.25, 0.3) is 0 Å². The van der Waals surface area contributed by atoms with E-state index in [1.807, 2.05) is 6.92 Å². The van der Waals surface area contributed by atoms with Crippen molar-refractivity contribution in [3.63, 3.8) is 0 Å². The first-order chi connectivity index (χ1) is 7.31. The van der Waals surface area contributed by atoms with Crippen LogP contribution in [0.1, 0.15) is 19.8 Å². The summed E-state index contributed by atoms with van der Waals surface area (Å²) in [5, 5.41) is 0. The second-order valence-electron chi connectivity index (χ2n) is 2.89. The lowest BCUT2D eigenvalue weighted by atomic mass is 10.3. The maximum atomic E-state index is 10.6. The Balaban J connectivity index is 2.98. The van der Waals surface area contributed by atoms with Gasteiger partial charge >= 0.3 is 5.97 Å². The molecule has 4 nitrogen and oxygen atoms in total. The van der Waals surface area contributed by atoms with Gasteiger partial charge in [-0.2, -0.15) is 0 Å². The van der Waals surface area contributed by atoms with Crippen LogP contribution in [-0.4, -0.2) is 39.0 Å². The third kappa shape index (κ3) is 11.1. The number of unbranched alkanes of at least 4 members (excludes halogenated alkanes) is 1. The molecule has 4 heteroatoms. The molecule has 0 saturated carbocycles. The second-order valence-corrected chi connectivity index (χ2v) is 2.89. The molecular weight excluding hydrogens is 196 g/mol. The van der Waals surface area contributed by atoms with Crippen molar-refractivity contribution in [2.45, 2.75) is 19.8 Å². The number of carbonyl (C=O) groups is 1. The quantitative estimate of drug-likeness (QED) is 0.316. The number of hydrogen-bond donors (Lipinski definition) is 0. The van der Waals surface area contributed by atoms with Crippen molar-refractivity contribution in [2.24, 2.45) is 0 Å². The lowest BCUT2D eigenvalue weighted by Gasteiger charge is -2.04. The summed E-state index contributed by atoms with van der Waals surface area (Å²) in [6, 6.07) is 0. The van der Waals surface area contributed by atoms with E-state index in [2.05, 4.69) is 6.58 Å². The molecule has 0 atom stereocenters. The third-order valence-electron chi connectivity index (χ3n) is 1.67. The van der Waals surface area contributed by atoms with Crippen LogP contribution < -0.4 is 0 Å². The number of rotatable bonds is 10. The summed E-state index contributed by atoms with van der Waals surface area (Å²) in [6.07, 6.45) is 2.86. The van der Waals surface area contributed by atoms with E-state index in [1.54, 1.807) is 0 Å². The van der Waals surface area contributed by atoms with E-state index in [1.165, 1.54) is 6.08 Å². The molecule has 0 fully saturated rings. The normalized spacial score (nSPS) is 9.93. The molecular formula is C11H20O4. The maximum absolute atomic E-state index is 10.6. The molecule has 88 valence electrons. The predicted molar refractivity (Wildman–Crippen MR) is 57.7 cm³/mol. The summed E-state index contributed by atoms with van der Waals surface area (Å²) in [5.41, 5.74) is 0. The van der Waals surface area contributed by atoms with E-state index in [-0.39, 0.29) is 5.97 Å². The van der Waals surface area contributed by atoms with E-state index >= 15 is 0 Å². The fraction of sp³-hybridized carbons (Fsp3) is 0.727. The number of esters is 1. The zero-order valence-corrected chi connectivity index (χ0v) is 9.37. The molecule has 0 aromatic carbocycles. The SMILES string of the molecule is C=CC(=O)OCCCCOCCOCC. The minimum Gasteiger partial charge on any atom is -0.463 e. The largest absolute Gasteiger partial charge is 0.463 e. The molecule has 0 rings (SSSR count). The smallest absolute Gasteiger partial charge is 0.330 e. The monoisotopic (exact) mass is 216 g/mol. The van der Waals surface area contributed by atoms with E-state index in [4.69, 9.17) is 14.2 Å². The number of ether oxygens (including phenoxy) is 3. The molecule has 0 aromatic rings. The summed E-state index contributed by atoms with van der Waals surface area (Å²) in [4.78, 5) is 10.6. The zero-order chi connectivity index (χ0) is 11.4. The van der Waals surface area contributed by atoms with Crippen molar-refractivity contribution in [1.29, 1.82) is 0 Å². The zero-order valence-electron chi connectivity index (χ0n) is 9.37. The van der Waals surface area contributed by atoms with Crippen LogP contribution in [0.3, 0.4) is 0 Å². The van der Waals surface area contributed by atoms with Gasteiger partial charge in [0.15, 0.2) is 0 Å². The van der Waals surface area contributed by atoms with Gasteiger partial charge in [0.05, 0.1) is 19.8 Å². The van der Waals surface area contributed by atoms with E-state index < -0.39 is 0 Å². The Labute approximate surface area is 91.2 Å². The van der Waals surface area contributed by atoms with Gasteiger partial charge in [-0.1, -0.05) is 6.58 Å². The Morgan fingerprint density at radius 3 is 2.47 bits per heavy atom. The Bertz CT molecular complexity index is 168. The molecule has 0 amide bonds. The van der Waals surface area contributed by atoms with Crippen LogP contribution in [0.15, 0.2) is 12.7 Å². The van der Waals surface area contributed by atoms with Gasteiger partial charge in [0, 0.05) is 19.3 Å². The van der Waals surface area contributed by atoms with E-state index in [0.29, 0.717) is 26.4 Å². The highest BCUT2D eigenvalue weighted by molar-refractivity contribution is 5.81. The highest BCUT2D eigenvalue weighted by atomic mass is 16.5. The average molecular weight is 216 g/mol. The highest BCUT2D eigenvalue weighted by Crippen LogP contribution is 1.92. The van der Waals surface area contributed by atoms with Gasteiger partial charge in [0.1, 0.15) is 0 Å². The third-order valence-corrected chi connectivity index (χ3v) is 1.67. The molecule has 0 heterocycles. The van der Waals surface area contributed by atoms with Crippen LogP contribution in [0, 0.1) is 0 Å². The van der Waals surface area contributed by atoms with Crippen LogP contribution in [0.2, 0.25) is 0 Å². The van der Waals surface area contributed by atoms with Crippen molar-refractivity contribution in [3.8, 4) is 0 Å². The van der Waals surface area contributed by atoms with Crippen LogP contribution in [0.4, 0.5) is 0 Å². The first-order valence-electron chi connectivity index (χ1n) is 5.26. The van der Waals surface area contributed by atoms with Gasteiger partial charge in [-0.25, -0.2) is 4.79 Å². The minimum absolute atomic E-state index is 0.368. The molecule has 0 aliphatic rings. The average Bonchev–Trinajstić information content (AvgIpc) is 2.26. The Morgan fingerprint density at radius 1 is 1.13 bits per heavy atom. The molecule has 15 heavy (non-hydrogen) atoms. The molecule has 0 saturated heterocycles. The van der Waals surface area contributed by atoms with Gasteiger partial charge in [-0.3, -0.25) is 0 Å². The first kappa shape index (κ1) is 14.1. The van der Waals surface area contributed by atoms with Gasteiger partial charge in [-0.05, 0) is 19.8 Å². The standard InChI is InChI=1S/C11H20O4/c1-3-11(12)15-8-6-5-7-14-10-9-13-4-2/h3H,1,4-10H2,2H3. The van der Waals surface area contributed by atoms with Crippen LogP contribution >= 0.6 is 0 Å². The minimum atomic E-state index is -0.368. The molecule has 0 radical (unpaired) electrons. The predicted octanol–water partition coefficient (Wildman–Crippen LogP) is 1.55. The molecule has 0 N–H and O–H groups in total. The summed E-state index contributed by atoms with van der Waals surface area (Å²) in [5.74, 6) is -0.368. The summed E-state index contributed by atoms with van der Waals surface area (Å²) >= 11 is 0. The molecule has 0 bridgehead atoms. The second kappa shape index (κ2) is 11.2. The van der Waals surface area contributed by atoms with Crippen molar-refractivity contribution in [1.82, 2.24) is 0 Å². The molecule has 0 spiro atoms.